The van der Waals surface area contributed by atoms with Gasteiger partial charge >= 0.3 is 12.3 Å². The number of ether oxygens (including phenoxy) is 2. The minimum absolute atomic E-state index is 0.232. The van der Waals surface area contributed by atoms with Gasteiger partial charge < -0.3 is 9.47 Å². The quantitative estimate of drug-likeness (QED) is 0.240. The molecule has 0 atom stereocenters. The summed E-state index contributed by atoms with van der Waals surface area (Å²) in [5.41, 5.74) is 0. The number of carbonyl (C=O) groups is 1. The number of hydrogen-bond donors (Lipinski definition) is 0. The van der Waals surface area contributed by atoms with Gasteiger partial charge in [0.1, 0.15) is 11.5 Å². The van der Waals surface area contributed by atoms with Crippen molar-refractivity contribution in [2.75, 3.05) is 0 Å². The third-order valence-electron chi connectivity index (χ3n) is 5.48. The first kappa shape index (κ1) is 22.6. The summed E-state index contributed by atoms with van der Waals surface area (Å²) in [5, 5.41) is 0. The lowest BCUT2D eigenvalue weighted by Gasteiger charge is -2.28. The van der Waals surface area contributed by atoms with E-state index < -0.39 is 6.36 Å². The van der Waals surface area contributed by atoms with Crippen LogP contribution in [0, 0.1) is 11.8 Å². The van der Waals surface area contributed by atoms with Crippen molar-refractivity contribution in [3.63, 3.8) is 0 Å². The molecule has 3 nitrogen and oxygen atoms in total. The van der Waals surface area contributed by atoms with E-state index in [1.165, 1.54) is 69.9 Å². The summed E-state index contributed by atoms with van der Waals surface area (Å²) in [6.45, 7) is 2.23. The lowest BCUT2D eigenvalue weighted by atomic mass is 9.78. The molecule has 1 fully saturated rings. The first-order chi connectivity index (χ1) is 13.4. The van der Waals surface area contributed by atoms with Crippen LogP contribution in [0.2, 0.25) is 0 Å². The maximum absolute atomic E-state index is 12.1. The van der Waals surface area contributed by atoms with E-state index in [1.807, 2.05) is 0 Å². The second kappa shape index (κ2) is 11.3. The molecule has 6 heteroatoms. The molecule has 1 aliphatic rings. The highest BCUT2D eigenvalue weighted by Crippen LogP contribution is 2.34. The van der Waals surface area contributed by atoms with Gasteiger partial charge in [-0.1, -0.05) is 64.7 Å². The van der Waals surface area contributed by atoms with Crippen LogP contribution in [0.15, 0.2) is 24.3 Å². The van der Waals surface area contributed by atoms with Crippen molar-refractivity contribution in [1.29, 1.82) is 0 Å². The average molecular weight is 400 g/mol. The highest BCUT2D eigenvalue weighted by atomic mass is 19.4. The van der Waals surface area contributed by atoms with Gasteiger partial charge in [-0.05, 0) is 42.5 Å². The Morgan fingerprint density at radius 3 is 2.07 bits per heavy atom. The average Bonchev–Trinajstić information content (AvgIpc) is 2.65. The molecule has 158 valence electrons. The zero-order valence-electron chi connectivity index (χ0n) is 16.6. The first-order valence-electron chi connectivity index (χ1n) is 10.4. The molecule has 0 spiro atoms. The van der Waals surface area contributed by atoms with E-state index >= 15 is 0 Å². The summed E-state index contributed by atoms with van der Waals surface area (Å²) in [6.07, 6.45) is 7.90. The predicted octanol–water partition coefficient (Wildman–Crippen LogP) is 7.05. The van der Waals surface area contributed by atoms with Crippen LogP contribution in [-0.2, 0) is 4.79 Å². The van der Waals surface area contributed by atoms with E-state index in [-0.39, 0.29) is 17.5 Å². The zero-order chi connectivity index (χ0) is 20.4. The molecule has 1 aliphatic carbocycles. The Balaban J connectivity index is 1.62. The van der Waals surface area contributed by atoms with Crippen LogP contribution in [0.4, 0.5) is 13.2 Å². The molecule has 1 aromatic rings. The third kappa shape index (κ3) is 8.98. The maximum atomic E-state index is 12.1. The number of carbonyl (C=O) groups excluding carboxylic acids is 1. The Labute approximate surface area is 165 Å². The third-order valence-corrected chi connectivity index (χ3v) is 5.48. The van der Waals surface area contributed by atoms with Crippen molar-refractivity contribution in [2.24, 2.45) is 11.8 Å². The minimum Gasteiger partial charge on any atom is -0.427 e. The molecule has 0 N–H and O–H groups in total. The largest absolute Gasteiger partial charge is 0.573 e. The molecule has 0 aromatic heterocycles. The molecule has 0 heterocycles. The second-order valence-corrected chi connectivity index (χ2v) is 7.77. The fourth-order valence-electron chi connectivity index (χ4n) is 3.88. The summed E-state index contributed by atoms with van der Waals surface area (Å²) >= 11 is 0. The van der Waals surface area contributed by atoms with Gasteiger partial charge in [-0.15, -0.1) is 13.2 Å². The highest BCUT2D eigenvalue weighted by Gasteiger charge is 2.31. The molecular weight excluding hydrogens is 369 g/mol. The molecule has 1 saturated carbocycles. The topological polar surface area (TPSA) is 35.5 Å². The van der Waals surface area contributed by atoms with Crippen LogP contribution in [0.1, 0.15) is 77.6 Å². The number of esters is 1. The number of halogens is 3. The van der Waals surface area contributed by atoms with Crippen molar-refractivity contribution in [3.05, 3.63) is 24.3 Å². The fraction of sp³-hybridized carbons (Fsp3) is 0.682. The van der Waals surface area contributed by atoms with Crippen molar-refractivity contribution >= 4 is 5.97 Å². The van der Waals surface area contributed by atoms with Crippen LogP contribution in [0.25, 0.3) is 0 Å². The second-order valence-electron chi connectivity index (χ2n) is 7.77. The Morgan fingerprint density at radius 1 is 0.929 bits per heavy atom. The number of benzene rings is 1. The maximum Gasteiger partial charge on any atom is 0.573 e. The lowest BCUT2D eigenvalue weighted by Crippen LogP contribution is -2.17. The van der Waals surface area contributed by atoms with Crippen molar-refractivity contribution in [3.8, 4) is 11.5 Å². The summed E-state index contributed by atoms with van der Waals surface area (Å²) < 4.78 is 45.4. The zero-order valence-corrected chi connectivity index (χ0v) is 16.6. The van der Waals surface area contributed by atoms with E-state index in [2.05, 4.69) is 11.7 Å². The smallest absolute Gasteiger partial charge is 0.427 e. The van der Waals surface area contributed by atoms with E-state index in [4.69, 9.17) is 4.74 Å². The molecule has 28 heavy (non-hydrogen) atoms. The van der Waals surface area contributed by atoms with Gasteiger partial charge in [0.25, 0.3) is 0 Å². The Bertz CT molecular complexity index is 576. The summed E-state index contributed by atoms with van der Waals surface area (Å²) in [5.74, 6) is 0.972. The molecule has 0 unspecified atom stereocenters. The molecule has 0 radical (unpaired) electrons. The Morgan fingerprint density at radius 2 is 1.50 bits per heavy atom. The van der Waals surface area contributed by atoms with Crippen molar-refractivity contribution in [2.45, 2.75) is 83.9 Å². The van der Waals surface area contributed by atoms with E-state index in [0.717, 1.165) is 24.5 Å². The Hall–Kier alpha value is -1.72. The molecule has 0 aliphatic heterocycles. The van der Waals surface area contributed by atoms with Gasteiger partial charge in [0.05, 0.1) is 0 Å². The first-order valence-corrected chi connectivity index (χ1v) is 10.4. The van der Waals surface area contributed by atoms with Crippen LogP contribution in [0.5, 0.6) is 11.5 Å². The van der Waals surface area contributed by atoms with Crippen molar-refractivity contribution < 1.29 is 27.4 Å². The van der Waals surface area contributed by atoms with Gasteiger partial charge in [-0.25, -0.2) is 0 Å². The normalized spacial score (nSPS) is 20.0. The SMILES string of the molecule is CCCCCC[C@H]1CC[C@H](CCC(=O)Oc2ccc(OC(F)(F)F)cc2)CC1. The van der Waals surface area contributed by atoms with Gasteiger partial charge in [0.15, 0.2) is 0 Å². The van der Waals surface area contributed by atoms with Crippen LogP contribution >= 0.6 is 0 Å². The molecule has 2 rings (SSSR count). The number of rotatable bonds is 10. The predicted molar refractivity (Wildman–Crippen MR) is 102 cm³/mol. The van der Waals surface area contributed by atoms with Gasteiger partial charge in [0, 0.05) is 6.42 Å². The monoisotopic (exact) mass is 400 g/mol. The highest BCUT2D eigenvalue weighted by molar-refractivity contribution is 5.72. The number of alkyl halides is 3. The molecule has 1 aromatic carbocycles. The van der Waals surface area contributed by atoms with Crippen LogP contribution in [0.3, 0.4) is 0 Å². The van der Waals surface area contributed by atoms with Gasteiger partial charge in [-0.3, -0.25) is 4.79 Å². The standard InChI is InChI=1S/C22H31F3O3/c1-2-3-4-5-6-17-7-9-18(10-8-17)11-16-21(26)27-19-12-14-20(15-13-19)28-22(23,24)25/h12-15,17-18H,2-11,16H2,1H3/t17-,18-. The van der Waals surface area contributed by atoms with E-state index in [9.17, 15) is 18.0 Å². The van der Waals surface area contributed by atoms with Gasteiger partial charge in [-0.2, -0.15) is 0 Å². The van der Waals surface area contributed by atoms with E-state index in [0.29, 0.717) is 12.3 Å². The van der Waals surface area contributed by atoms with E-state index in [1.54, 1.807) is 0 Å². The van der Waals surface area contributed by atoms with Crippen LogP contribution < -0.4 is 9.47 Å². The summed E-state index contributed by atoms with van der Waals surface area (Å²) in [6, 6.07) is 4.89. The lowest BCUT2D eigenvalue weighted by molar-refractivity contribution is -0.274. The summed E-state index contributed by atoms with van der Waals surface area (Å²) in [4.78, 5) is 12.0. The van der Waals surface area contributed by atoms with Crippen molar-refractivity contribution in [1.82, 2.24) is 0 Å². The fourth-order valence-corrected chi connectivity index (χ4v) is 3.88. The van der Waals surface area contributed by atoms with Gasteiger partial charge in [0.2, 0.25) is 0 Å². The molecule has 0 bridgehead atoms. The molecule has 0 saturated heterocycles. The minimum atomic E-state index is -4.73. The Kier molecular flexibility index (Phi) is 9.13. The molecular formula is C22H31F3O3. The number of unbranched alkanes of at least 4 members (excludes halogenated alkanes) is 3. The molecule has 0 amide bonds. The van der Waals surface area contributed by atoms with Crippen LogP contribution in [-0.4, -0.2) is 12.3 Å². The summed E-state index contributed by atoms with van der Waals surface area (Å²) in [7, 11) is 0. The number of hydrogen-bond acceptors (Lipinski definition) is 3.